The fourth-order valence-electron chi connectivity index (χ4n) is 2.11. The molecule has 0 aromatic heterocycles. The van der Waals surface area contributed by atoms with Crippen LogP contribution in [0.4, 0.5) is 5.69 Å². The molecule has 0 saturated carbocycles. The quantitative estimate of drug-likeness (QED) is 0.734. The third-order valence-electron chi connectivity index (χ3n) is 3.42. The largest absolute Gasteiger partial charge is 0.398 e. The summed E-state index contributed by atoms with van der Waals surface area (Å²) >= 11 is 0. The molecular formula is C17H20N2O2. The first-order valence-corrected chi connectivity index (χ1v) is 6.92. The lowest BCUT2D eigenvalue weighted by Crippen LogP contribution is -2.39. The lowest BCUT2D eigenvalue weighted by molar-refractivity contribution is 0.0916. The van der Waals surface area contributed by atoms with Crippen LogP contribution in [-0.2, 0) is 6.42 Å². The molecule has 0 aliphatic heterocycles. The van der Waals surface area contributed by atoms with E-state index in [1.54, 1.807) is 12.1 Å². The number of aryl methyl sites for hydroxylation is 1. The molecule has 0 fully saturated rings. The van der Waals surface area contributed by atoms with Crippen molar-refractivity contribution in [3.05, 3.63) is 65.2 Å². The van der Waals surface area contributed by atoms with E-state index in [0.717, 1.165) is 11.1 Å². The molecule has 0 bridgehead atoms. The third kappa shape index (κ3) is 4.07. The minimum absolute atomic E-state index is 0.109. The van der Waals surface area contributed by atoms with Crippen molar-refractivity contribution < 1.29 is 9.90 Å². The zero-order valence-corrected chi connectivity index (χ0v) is 12.0. The maximum atomic E-state index is 12.2. The van der Waals surface area contributed by atoms with Crippen molar-refractivity contribution in [3.8, 4) is 0 Å². The van der Waals surface area contributed by atoms with E-state index in [1.807, 2.05) is 43.3 Å². The maximum Gasteiger partial charge on any atom is 0.251 e. The molecule has 2 rings (SSSR count). The molecule has 2 aromatic carbocycles. The zero-order chi connectivity index (χ0) is 15.2. The summed E-state index contributed by atoms with van der Waals surface area (Å²) in [6.45, 7) is 1.78. The summed E-state index contributed by atoms with van der Waals surface area (Å²) in [5.41, 5.74) is 8.92. The molecule has 1 atom stereocenters. The van der Waals surface area contributed by atoms with Crippen LogP contribution in [-0.4, -0.2) is 23.7 Å². The fraction of sp³-hybridized carbons (Fsp3) is 0.235. The molecule has 0 aliphatic rings. The van der Waals surface area contributed by atoms with Gasteiger partial charge in [0.15, 0.2) is 0 Å². The number of nitrogens with one attached hydrogen (secondary N) is 1. The Kier molecular flexibility index (Phi) is 4.95. The van der Waals surface area contributed by atoms with Crippen LogP contribution in [0.3, 0.4) is 0 Å². The number of nitrogens with two attached hydrogens (primary N) is 1. The summed E-state index contributed by atoms with van der Waals surface area (Å²) in [6, 6.07) is 14.6. The fourth-order valence-corrected chi connectivity index (χ4v) is 2.11. The topological polar surface area (TPSA) is 75.3 Å². The number of anilines is 1. The molecule has 0 heterocycles. The van der Waals surface area contributed by atoms with E-state index in [4.69, 9.17) is 5.73 Å². The Balaban J connectivity index is 2.04. The zero-order valence-electron chi connectivity index (χ0n) is 12.0. The lowest BCUT2D eigenvalue weighted by atomic mass is 10.1. The number of hydrogen-bond acceptors (Lipinski definition) is 3. The van der Waals surface area contributed by atoms with Gasteiger partial charge in [0.1, 0.15) is 0 Å². The first-order valence-electron chi connectivity index (χ1n) is 6.92. The van der Waals surface area contributed by atoms with Crippen molar-refractivity contribution >= 4 is 11.6 Å². The molecule has 0 saturated heterocycles. The highest BCUT2D eigenvalue weighted by Crippen LogP contribution is 2.13. The van der Waals surface area contributed by atoms with E-state index < -0.39 is 0 Å². The highest BCUT2D eigenvalue weighted by atomic mass is 16.3. The van der Waals surface area contributed by atoms with E-state index in [-0.39, 0.29) is 18.6 Å². The number of carbonyl (C=O) groups excluding carboxylic acids is 1. The van der Waals surface area contributed by atoms with Gasteiger partial charge in [0.25, 0.3) is 5.91 Å². The highest BCUT2D eigenvalue weighted by molar-refractivity contribution is 5.95. The van der Waals surface area contributed by atoms with E-state index in [1.165, 1.54) is 0 Å². The van der Waals surface area contributed by atoms with Gasteiger partial charge < -0.3 is 16.2 Å². The average Bonchev–Trinajstić information content (AvgIpc) is 2.50. The Labute approximate surface area is 124 Å². The molecule has 21 heavy (non-hydrogen) atoms. The normalized spacial score (nSPS) is 11.9. The SMILES string of the molecule is Cc1ccc(C(=O)NC(CO)Cc2ccccc2)cc1N. The summed E-state index contributed by atoms with van der Waals surface area (Å²) in [5, 5.41) is 12.3. The van der Waals surface area contributed by atoms with Crippen LogP contribution in [0.1, 0.15) is 21.5 Å². The van der Waals surface area contributed by atoms with Crippen molar-refractivity contribution in [2.45, 2.75) is 19.4 Å². The predicted molar refractivity (Wildman–Crippen MR) is 84.1 cm³/mol. The van der Waals surface area contributed by atoms with Crippen LogP contribution < -0.4 is 11.1 Å². The van der Waals surface area contributed by atoms with Gasteiger partial charge >= 0.3 is 0 Å². The van der Waals surface area contributed by atoms with Crippen molar-refractivity contribution in [2.24, 2.45) is 0 Å². The number of benzene rings is 2. The molecule has 4 heteroatoms. The summed E-state index contributed by atoms with van der Waals surface area (Å²) in [5.74, 6) is -0.225. The molecule has 0 radical (unpaired) electrons. The highest BCUT2D eigenvalue weighted by Gasteiger charge is 2.14. The molecule has 0 spiro atoms. The van der Waals surface area contributed by atoms with Gasteiger partial charge in [-0.15, -0.1) is 0 Å². The summed E-state index contributed by atoms with van der Waals surface area (Å²) < 4.78 is 0. The van der Waals surface area contributed by atoms with Crippen molar-refractivity contribution in [1.82, 2.24) is 5.32 Å². The van der Waals surface area contributed by atoms with E-state index in [2.05, 4.69) is 5.32 Å². The Morgan fingerprint density at radius 3 is 2.57 bits per heavy atom. The monoisotopic (exact) mass is 284 g/mol. The molecule has 110 valence electrons. The van der Waals surface area contributed by atoms with Crippen molar-refractivity contribution in [1.29, 1.82) is 0 Å². The molecule has 4 N–H and O–H groups in total. The van der Waals surface area contributed by atoms with Gasteiger partial charge in [0.05, 0.1) is 12.6 Å². The van der Waals surface area contributed by atoms with Gasteiger partial charge in [-0.1, -0.05) is 36.4 Å². The van der Waals surface area contributed by atoms with Gasteiger partial charge in [-0.3, -0.25) is 4.79 Å². The number of carbonyl (C=O) groups is 1. The second kappa shape index (κ2) is 6.90. The molecule has 1 amide bonds. The van der Waals surface area contributed by atoms with Gasteiger partial charge in [-0.2, -0.15) is 0 Å². The Bertz CT molecular complexity index is 611. The summed E-state index contributed by atoms with van der Waals surface area (Å²) in [7, 11) is 0. The first kappa shape index (κ1) is 15.1. The lowest BCUT2D eigenvalue weighted by Gasteiger charge is -2.17. The summed E-state index contributed by atoms with van der Waals surface area (Å²) in [4.78, 5) is 12.2. The number of nitrogen functional groups attached to an aromatic ring is 1. The van der Waals surface area contributed by atoms with Crippen LogP contribution in [0, 0.1) is 6.92 Å². The molecule has 2 aromatic rings. The smallest absolute Gasteiger partial charge is 0.251 e. The minimum Gasteiger partial charge on any atom is -0.398 e. The molecular weight excluding hydrogens is 264 g/mol. The minimum atomic E-state index is -0.317. The number of aliphatic hydroxyl groups is 1. The van der Waals surface area contributed by atoms with E-state index in [9.17, 15) is 9.90 Å². The van der Waals surface area contributed by atoms with Crippen LogP contribution in [0.5, 0.6) is 0 Å². The number of hydrogen-bond donors (Lipinski definition) is 3. The van der Waals surface area contributed by atoms with E-state index >= 15 is 0 Å². The average molecular weight is 284 g/mol. The number of amides is 1. The second-order valence-electron chi connectivity index (χ2n) is 5.11. The van der Waals surface area contributed by atoms with Crippen molar-refractivity contribution in [2.75, 3.05) is 12.3 Å². The van der Waals surface area contributed by atoms with Gasteiger partial charge in [-0.25, -0.2) is 0 Å². The molecule has 4 nitrogen and oxygen atoms in total. The van der Waals surface area contributed by atoms with Crippen LogP contribution in [0.15, 0.2) is 48.5 Å². The molecule has 0 aliphatic carbocycles. The summed E-state index contributed by atoms with van der Waals surface area (Å²) in [6.07, 6.45) is 0.588. The van der Waals surface area contributed by atoms with Crippen molar-refractivity contribution in [3.63, 3.8) is 0 Å². The van der Waals surface area contributed by atoms with Crippen LogP contribution in [0.2, 0.25) is 0 Å². The van der Waals surface area contributed by atoms with Gasteiger partial charge in [-0.05, 0) is 36.6 Å². The van der Waals surface area contributed by atoms with Gasteiger partial charge in [0.2, 0.25) is 0 Å². The van der Waals surface area contributed by atoms with Crippen LogP contribution in [0.25, 0.3) is 0 Å². The Morgan fingerprint density at radius 1 is 1.24 bits per heavy atom. The van der Waals surface area contributed by atoms with E-state index in [0.29, 0.717) is 17.7 Å². The third-order valence-corrected chi connectivity index (χ3v) is 3.42. The Morgan fingerprint density at radius 2 is 1.95 bits per heavy atom. The second-order valence-corrected chi connectivity index (χ2v) is 5.11. The van der Waals surface area contributed by atoms with Crippen LogP contribution >= 0.6 is 0 Å². The number of aliphatic hydroxyl groups excluding tert-OH is 1. The van der Waals surface area contributed by atoms with Gasteiger partial charge in [0, 0.05) is 11.3 Å². The maximum absolute atomic E-state index is 12.2. The molecule has 1 unspecified atom stereocenters. The first-order chi connectivity index (χ1) is 10.1. The standard InChI is InChI=1S/C17H20N2O2/c1-12-7-8-14(10-16(12)18)17(21)19-15(11-20)9-13-5-3-2-4-6-13/h2-8,10,15,20H,9,11,18H2,1H3,(H,19,21). The predicted octanol–water partition coefficient (Wildman–Crippen LogP) is 1.91. The Hall–Kier alpha value is -2.33. The number of rotatable bonds is 5.